The molecular formula is C120H216O12. The molecule has 0 amide bonds. The van der Waals surface area contributed by atoms with Gasteiger partial charge in [0.15, 0.2) is 0 Å². The zero-order chi connectivity index (χ0) is 104. The van der Waals surface area contributed by atoms with E-state index in [0.29, 0.717) is 40.7 Å². The summed E-state index contributed by atoms with van der Waals surface area (Å²) in [7, 11) is 0. The second-order valence-electron chi connectivity index (χ2n) is 47.6. The molecule has 0 spiro atoms. The van der Waals surface area contributed by atoms with Crippen LogP contribution in [0.4, 0.5) is 0 Å². The van der Waals surface area contributed by atoms with E-state index < -0.39 is 0 Å². The Balaban J connectivity index is -0.000000329. The van der Waals surface area contributed by atoms with Crippen molar-refractivity contribution in [3.63, 3.8) is 0 Å². The molecule has 0 radical (unpaired) electrons. The van der Waals surface area contributed by atoms with Gasteiger partial charge in [-0.05, 0) is 394 Å². The van der Waals surface area contributed by atoms with Gasteiger partial charge in [-0.2, -0.15) is 0 Å². The van der Waals surface area contributed by atoms with Crippen molar-refractivity contribution < 1.29 is 56.8 Å². The summed E-state index contributed by atoms with van der Waals surface area (Å²) in [6, 6.07) is 43.3. The summed E-state index contributed by atoms with van der Waals surface area (Å²) in [5, 5.41) is 0. The molecule has 132 heavy (non-hydrogen) atoms. The second kappa shape index (κ2) is 70.5. The number of rotatable bonds is 27. The first-order valence-electron chi connectivity index (χ1n) is 50.0. The monoisotopic (exact) mass is 1850 g/mol. The first kappa shape index (κ1) is 137. The van der Waals surface area contributed by atoms with Gasteiger partial charge in [-0.3, -0.25) is 0 Å². The lowest BCUT2D eigenvalue weighted by Crippen LogP contribution is -2.24. The summed E-state index contributed by atoms with van der Waals surface area (Å²) in [4.78, 5) is 0. The Kier molecular flexibility index (Phi) is 73.0. The highest BCUT2D eigenvalue weighted by molar-refractivity contribution is 5.36. The molecule has 0 aliphatic carbocycles. The van der Waals surface area contributed by atoms with Gasteiger partial charge in [-0.15, -0.1) is 0 Å². The van der Waals surface area contributed by atoms with Crippen LogP contribution >= 0.6 is 0 Å². The van der Waals surface area contributed by atoms with Crippen LogP contribution in [-0.2, 0) is 28.4 Å². The van der Waals surface area contributed by atoms with Crippen LogP contribution in [0.3, 0.4) is 0 Å². The standard InChI is InChI=1S/C13H20O.2C12H18O.2C11H16O.C10H14O.C10H22O.2C9H20O.2C8H18O.C7H16O/c1-10-6-11(2)8-12(7-10)14-9-13(3,4)5;1-9-6-10(2)8-11(7-9)13-12(3,4)5;1-10-5-7-11(8-6-10)13-9-12(2,3)4;1-8(2)12-11-6-9(3)5-10(4)7-11;1-9-5-7-10(8-6-9)12-11(2,3)4;1-8(2)11-10-6-4-9(3)5-7-10;1-5-6-7-8-11-9-10(2,3)4;1-6-8(2)10-7-9(3,4)5;1-5-6-7-8-10-9(2,3)4;1-7(2)9-6-8(3,4)5;1-6-7(2)9-8(3,4)5;1-6(2)8-7(3,4)5/h6-8H,9H2,1-5H3;6-8H,1-5H3;5-8H,9H2,1-4H3;2*5-8H,1-4H3;4-8H,1-3H3;5-9H2,1-4H3;8H,6-7H2,1-5H3;5-8H2,1-4H3;2*7H,6H2,1-5H3;6H,1-5H3. The van der Waals surface area contributed by atoms with Crippen LogP contribution in [0.1, 0.15) is 406 Å². The predicted molar refractivity (Wildman–Crippen MR) is 581 cm³/mol. The lowest BCUT2D eigenvalue weighted by atomic mass is 9.98. The Labute approximate surface area is 820 Å². The highest BCUT2D eigenvalue weighted by Gasteiger charge is 2.19. The van der Waals surface area contributed by atoms with E-state index in [9.17, 15) is 0 Å². The fourth-order valence-corrected chi connectivity index (χ4v) is 10.6. The van der Waals surface area contributed by atoms with Crippen LogP contribution in [0.5, 0.6) is 34.5 Å². The number of hydrogen-bond acceptors (Lipinski definition) is 12. The second-order valence-corrected chi connectivity index (χ2v) is 47.6. The van der Waals surface area contributed by atoms with Gasteiger partial charge in [0.05, 0.1) is 86.5 Å². The highest BCUT2D eigenvalue weighted by Crippen LogP contribution is 2.26. The fraction of sp³-hybridized carbons (Fsp3) is 0.700. The summed E-state index contributed by atoms with van der Waals surface area (Å²) >= 11 is 0. The Bertz CT molecular complexity index is 3620. The number of unbranched alkanes of at least 4 members (excludes halogenated alkanes) is 4. The van der Waals surface area contributed by atoms with E-state index in [4.69, 9.17) is 56.8 Å². The third-order valence-corrected chi connectivity index (χ3v) is 16.2. The molecule has 0 aromatic heterocycles. The van der Waals surface area contributed by atoms with Gasteiger partial charge in [0, 0.05) is 13.2 Å². The number of benzene rings is 6. The molecule has 2 unspecified atom stereocenters. The number of aryl methyl sites for hydroxylation is 9. The van der Waals surface area contributed by atoms with E-state index in [-0.39, 0.29) is 51.0 Å². The van der Waals surface area contributed by atoms with E-state index in [1.54, 1.807) is 0 Å². The Hall–Kier alpha value is -6.12. The Morgan fingerprint density at radius 2 is 0.530 bits per heavy atom. The van der Waals surface area contributed by atoms with E-state index >= 15 is 0 Å². The van der Waals surface area contributed by atoms with E-state index in [1.807, 2.05) is 98.7 Å². The van der Waals surface area contributed by atoms with Crippen molar-refractivity contribution in [2.75, 3.05) is 46.2 Å². The molecule has 6 rings (SSSR count). The minimum Gasteiger partial charge on any atom is -0.493 e. The molecule has 6 aromatic rings. The normalized spacial score (nSPS) is 12.1. The van der Waals surface area contributed by atoms with E-state index in [1.165, 1.54) is 88.6 Å². The van der Waals surface area contributed by atoms with Crippen LogP contribution in [0.15, 0.2) is 127 Å². The molecule has 0 fully saturated rings. The minimum atomic E-state index is -0.111. The van der Waals surface area contributed by atoms with Crippen molar-refractivity contribution in [2.24, 2.45) is 27.1 Å². The van der Waals surface area contributed by atoms with Crippen LogP contribution in [0, 0.1) is 89.4 Å². The molecule has 0 heterocycles. The molecule has 0 aliphatic rings. The predicted octanol–water partition coefficient (Wildman–Crippen LogP) is 36.0. The molecule has 0 N–H and O–H groups in total. The summed E-state index contributed by atoms with van der Waals surface area (Å²) in [5.41, 5.74) is 12.6. The summed E-state index contributed by atoms with van der Waals surface area (Å²) in [6.45, 7) is 118. The topological polar surface area (TPSA) is 111 Å². The first-order valence-corrected chi connectivity index (χ1v) is 50.0. The number of hydrogen-bond donors (Lipinski definition) is 0. The van der Waals surface area contributed by atoms with Gasteiger partial charge in [0.25, 0.3) is 0 Å². The van der Waals surface area contributed by atoms with Crippen molar-refractivity contribution in [3.8, 4) is 34.5 Å². The Morgan fingerprint density at radius 3 is 0.803 bits per heavy atom. The van der Waals surface area contributed by atoms with Crippen molar-refractivity contribution >= 4 is 0 Å². The van der Waals surface area contributed by atoms with E-state index in [2.05, 4.69) is 396 Å². The number of ether oxygens (including phenoxy) is 12. The maximum absolute atomic E-state index is 5.76. The zero-order valence-corrected chi connectivity index (χ0v) is 96.6. The summed E-state index contributed by atoms with van der Waals surface area (Å²) < 4.78 is 66.8. The molecule has 0 bridgehead atoms. The van der Waals surface area contributed by atoms with Crippen molar-refractivity contribution in [1.29, 1.82) is 0 Å². The van der Waals surface area contributed by atoms with E-state index in [0.717, 1.165) is 93.6 Å². The maximum Gasteiger partial charge on any atom is 0.120 e. The van der Waals surface area contributed by atoms with Crippen molar-refractivity contribution in [2.45, 2.75) is 483 Å². The average molecular weight is 1850 g/mol. The molecule has 0 aliphatic heterocycles. The van der Waals surface area contributed by atoms with Crippen molar-refractivity contribution in [3.05, 3.63) is 177 Å². The maximum atomic E-state index is 5.76. The van der Waals surface area contributed by atoms with Gasteiger partial charge >= 0.3 is 0 Å². The molecule has 12 nitrogen and oxygen atoms in total. The lowest BCUT2D eigenvalue weighted by molar-refractivity contribution is -0.0522. The zero-order valence-electron chi connectivity index (χ0n) is 96.6. The molecular weight excluding hydrogens is 1630 g/mol. The first-order chi connectivity index (χ1) is 59.8. The quantitative estimate of drug-likeness (QED) is 0.0458. The molecule has 6 aromatic carbocycles. The van der Waals surface area contributed by atoms with Gasteiger partial charge in [-0.25, -0.2) is 0 Å². The van der Waals surface area contributed by atoms with Gasteiger partial charge in [0.1, 0.15) is 45.7 Å². The Morgan fingerprint density at radius 1 is 0.235 bits per heavy atom. The largest absolute Gasteiger partial charge is 0.493 e. The van der Waals surface area contributed by atoms with Gasteiger partial charge in [0.2, 0.25) is 0 Å². The SMILES string of the molecule is CC(C)OC(C)(C)C.CC(C)OCC(C)(C)C.CCC(C)OC(C)(C)C.CCC(C)OCC(C)(C)C.CCCCCOC(C)(C)C.CCCCCOCC(C)(C)C.Cc1cc(C)cc(OC(C)(C)C)c1.Cc1cc(C)cc(OC(C)C)c1.Cc1cc(C)cc(OCC(C)(C)C)c1.Cc1ccc(OC(C)(C)C)cc1.Cc1ccc(OC(C)C)cc1.Cc1ccc(OCC(C)(C)C)cc1. The van der Waals surface area contributed by atoms with Gasteiger partial charge < -0.3 is 56.8 Å². The van der Waals surface area contributed by atoms with Crippen LogP contribution in [0.25, 0.3) is 0 Å². The van der Waals surface area contributed by atoms with Gasteiger partial charge in [-0.1, -0.05) is 229 Å². The molecule has 2 atom stereocenters. The van der Waals surface area contributed by atoms with Crippen molar-refractivity contribution in [1.82, 2.24) is 0 Å². The average Bonchev–Trinajstić information content (AvgIpc) is 0.848. The molecule has 0 saturated heterocycles. The van der Waals surface area contributed by atoms with Crippen LogP contribution in [0.2, 0.25) is 0 Å². The van der Waals surface area contributed by atoms with Crippen LogP contribution in [-0.4, -0.2) is 111 Å². The highest BCUT2D eigenvalue weighted by atomic mass is 16.5. The lowest BCUT2D eigenvalue weighted by Gasteiger charge is -2.23. The molecule has 768 valence electrons. The minimum absolute atomic E-state index is 0.0220. The summed E-state index contributed by atoms with van der Waals surface area (Å²) in [6.07, 6.45) is 11.8. The third kappa shape index (κ3) is 109. The fourth-order valence-electron chi connectivity index (χ4n) is 10.6. The molecule has 12 heteroatoms. The molecule has 0 saturated carbocycles. The summed E-state index contributed by atoms with van der Waals surface area (Å²) in [5.74, 6) is 5.77. The smallest absolute Gasteiger partial charge is 0.120 e. The third-order valence-electron chi connectivity index (χ3n) is 16.2. The van der Waals surface area contributed by atoms with Crippen LogP contribution < -0.4 is 28.4 Å².